The van der Waals surface area contributed by atoms with Crippen LogP contribution in [0.1, 0.15) is 43.9 Å². The summed E-state index contributed by atoms with van der Waals surface area (Å²) >= 11 is 0. The van der Waals surface area contributed by atoms with Gasteiger partial charge in [0, 0.05) is 18.4 Å². The van der Waals surface area contributed by atoms with Gasteiger partial charge in [0.1, 0.15) is 11.5 Å². The molecule has 0 bridgehead atoms. The number of hydrogen-bond acceptors (Lipinski definition) is 3. The van der Waals surface area contributed by atoms with Crippen molar-refractivity contribution in [1.29, 1.82) is 0 Å². The molecule has 3 unspecified atom stereocenters. The lowest BCUT2D eigenvalue weighted by Crippen LogP contribution is -2.49. The predicted molar refractivity (Wildman–Crippen MR) is 60.0 cm³/mol. The van der Waals surface area contributed by atoms with Crippen molar-refractivity contribution < 1.29 is 9.21 Å². The molecular formula is C13H17NO2. The fraction of sp³-hybridized carbons (Fsp3) is 0.615. The van der Waals surface area contributed by atoms with Crippen LogP contribution >= 0.6 is 0 Å². The molecule has 1 aliphatic carbocycles. The van der Waals surface area contributed by atoms with Crippen molar-refractivity contribution in [2.75, 3.05) is 0 Å². The average molecular weight is 219 g/mol. The van der Waals surface area contributed by atoms with Crippen molar-refractivity contribution in [3.05, 3.63) is 24.2 Å². The van der Waals surface area contributed by atoms with Gasteiger partial charge in [-0.15, -0.1) is 0 Å². The Morgan fingerprint density at radius 1 is 1.31 bits per heavy atom. The second-order valence-electron chi connectivity index (χ2n) is 4.90. The number of ketones is 1. The van der Waals surface area contributed by atoms with Crippen LogP contribution in [0, 0.1) is 5.92 Å². The molecule has 1 N–H and O–H groups in total. The Bertz CT molecular complexity index is 371. The number of furan rings is 1. The summed E-state index contributed by atoms with van der Waals surface area (Å²) in [5, 5.41) is 3.57. The summed E-state index contributed by atoms with van der Waals surface area (Å²) in [7, 11) is 0. The van der Waals surface area contributed by atoms with Crippen LogP contribution in [0.5, 0.6) is 0 Å². The number of carbonyl (C=O) groups excluding carboxylic acids is 1. The van der Waals surface area contributed by atoms with Gasteiger partial charge in [-0.2, -0.15) is 0 Å². The molecule has 3 atom stereocenters. The van der Waals surface area contributed by atoms with E-state index in [-0.39, 0.29) is 12.0 Å². The number of nitrogens with one attached hydrogen (secondary N) is 1. The molecule has 0 radical (unpaired) electrons. The van der Waals surface area contributed by atoms with E-state index in [4.69, 9.17) is 4.42 Å². The Labute approximate surface area is 95.2 Å². The summed E-state index contributed by atoms with van der Waals surface area (Å²) in [5.74, 6) is 1.59. The zero-order valence-corrected chi connectivity index (χ0v) is 9.32. The fourth-order valence-corrected chi connectivity index (χ4v) is 3.06. The van der Waals surface area contributed by atoms with Crippen LogP contribution in [0.3, 0.4) is 0 Å². The van der Waals surface area contributed by atoms with E-state index in [0.717, 1.165) is 18.6 Å². The van der Waals surface area contributed by atoms with E-state index in [1.165, 1.54) is 12.8 Å². The normalized spacial score (nSPS) is 34.8. The molecule has 86 valence electrons. The van der Waals surface area contributed by atoms with E-state index >= 15 is 0 Å². The fourth-order valence-electron chi connectivity index (χ4n) is 3.06. The minimum Gasteiger partial charge on any atom is -0.468 e. The lowest BCUT2D eigenvalue weighted by atomic mass is 9.76. The van der Waals surface area contributed by atoms with Crippen LogP contribution in [0.2, 0.25) is 0 Å². The molecule has 2 aliphatic rings. The SMILES string of the molecule is O=C1CC(c2ccco2)NC2CCCCC12. The first-order valence-electron chi connectivity index (χ1n) is 6.17. The predicted octanol–water partition coefficient (Wildman–Crippen LogP) is 2.44. The van der Waals surface area contributed by atoms with Gasteiger partial charge in [0.15, 0.2) is 0 Å². The van der Waals surface area contributed by atoms with Crippen molar-refractivity contribution in [3.63, 3.8) is 0 Å². The number of rotatable bonds is 1. The largest absolute Gasteiger partial charge is 0.468 e. The van der Waals surface area contributed by atoms with E-state index in [1.807, 2.05) is 12.1 Å². The van der Waals surface area contributed by atoms with Crippen molar-refractivity contribution in [3.8, 4) is 0 Å². The number of piperidine rings is 1. The van der Waals surface area contributed by atoms with Gasteiger partial charge in [0.2, 0.25) is 0 Å². The molecule has 1 saturated carbocycles. The maximum Gasteiger partial charge on any atom is 0.139 e. The van der Waals surface area contributed by atoms with Crippen LogP contribution in [0.25, 0.3) is 0 Å². The average Bonchev–Trinajstić information content (AvgIpc) is 2.82. The van der Waals surface area contributed by atoms with Crippen molar-refractivity contribution >= 4 is 5.78 Å². The van der Waals surface area contributed by atoms with Gasteiger partial charge in [-0.05, 0) is 25.0 Å². The molecule has 2 heterocycles. The highest BCUT2D eigenvalue weighted by molar-refractivity contribution is 5.83. The van der Waals surface area contributed by atoms with Crippen molar-refractivity contribution in [2.45, 2.75) is 44.2 Å². The second kappa shape index (κ2) is 4.06. The molecule has 1 saturated heterocycles. The summed E-state index contributed by atoms with van der Waals surface area (Å²) < 4.78 is 5.39. The van der Waals surface area contributed by atoms with Crippen LogP contribution in [0.15, 0.2) is 22.8 Å². The molecule has 0 aromatic carbocycles. The Kier molecular flexibility index (Phi) is 2.56. The van der Waals surface area contributed by atoms with Gasteiger partial charge in [-0.1, -0.05) is 12.8 Å². The number of fused-ring (bicyclic) bond motifs is 1. The van der Waals surface area contributed by atoms with E-state index in [0.29, 0.717) is 18.2 Å². The van der Waals surface area contributed by atoms with E-state index in [2.05, 4.69) is 5.32 Å². The molecule has 3 rings (SSSR count). The zero-order valence-electron chi connectivity index (χ0n) is 9.32. The highest BCUT2D eigenvalue weighted by atomic mass is 16.3. The lowest BCUT2D eigenvalue weighted by molar-refractivity contribution is -0.127. The van der Waals surface area contributed by atoms with Gasteiger partial charge < -0.3 is 9.73 Å². The Balaban J connectivity index is 1.78. The molecule has 0 amide bonds. The van der Waals surface area contributed by atoms with Crippen LogP contribution in [0.4, 0.5) is 0 Å². The van der Waals surface area contributed by atoms with Gasteiger partial charge in [0.05, 0.1) is 12.3 Å². The third-order valence-corrected chi connectivity index (χ3v) is 3.89. The molecular weight excluding hydrogens is 202 g/mol. The number of carbonyl (C=O) groups is 1. The number of Topliss-reactive ketones (excluding diaryl/α,β-unsaturated/α-hetero) is 1. The van der Waals surface area contributed by atoms with Gasteiger partial charge in [-0.3, -0.25) is 4.79 Å². The second-order valence-corrected chi connectivity index (χ2v) is 4.90. The maximum atomic E-state index is 12.1. The van der Waals surface area contributed by atoms with Gasteiger partial charge >= 0.3 is 0 Å². The molecule has 1 aliphatic heterocycles. The van der Waals surface area contributed by atoms with Crippen molar-refractivity contribution in [2.24, 2.45) is 5.92 Å². The molecule has 1 aromatic heterocycles. The summed E-state index contributed by atoms with van der Waals surface area (Å²) in [6, 6.07) is 4.31. The quantitative estimate of drug-likeness (QED) is 0.788. The van der Waals surface area contributed by atoms with E-state index in [1.54, 1.807) is 6.26 Å². The van der Waals surface area contributed by atoms with Gasteiger partial charge in [-0.25, -0.2) is 0 Å². The maximum absolute atomic E-state index is 12.1. The van der Waals surface area contributed by atoms with Gasteiger partial charge in [0.25, 0.3) is 0 Å². The third-order valence-electron chi connectivity index (χ3n) is 3.89. The first-order chi connectivity index (χ1) is 7.84. The molecule has 3 nitrogen and oxygen atoms in total. The van der Waals surface area contributed by atoms with E-state index < -0.39 is 0 Å². The first-order valence-corrected chi connectivity index (χ1v) is 6.17. The van der Waals surface area contributed by atoms with E-state index in [9.17, 15) is 4.79 Å². The Morgan fingerprint density at radius 3 is 3.00 bits per heavy atom. The summed E-state index contributed by atoms with van der Waals surface area (Å²) in [6.45, 7) is 0. The molecule has 3 heteroatoms. The number of hydrogen-bond donors (Lipinski definition) is 1. The highest BCUT2D eigenvalue weighted by Crippen LogP contribution is 2.34. The molecule has 16 heavy (non-hydrogen) atoms. The van der Waals surface area contributed by atoms with Crippen LogP contribution in [-0.2, 0) is 4.79 Å². The first kappa shape index (κ1) is 10.1. The summed E-state index contributed by atoms with van der Waals surface area (Å²) in [5.41, 5.74) is 0. The lowest BCUT2D eigenvalue weighted by Gasteiger charge is -2.38. The monoisotopic (exact) mass is 219 g/mol. The summed E-state index contributed by atoms with van der Waals surface area (Å²) in [4.78, 5) is 12.1. The Morgan fingerprint density at radius 2 is 2.19 bits per heavy atom. The topological polar surface area (TPSA) is 42.2 Å². The minimum absolute atomic E-state index is 0.0989. The summed E-state index contributed by atoms with van der Waals surface area (Å²) in [6.07, 6.45) is 6.92. The minimum atomic E-state index is 0.0989. The third kappa shape index (κ3) is 1.69. The molecule has 1 aromatic rings. The smallest absolute Gasteiger partial charge is 0.139 e. The Hall–Kier alpha value is -1.09. The van der Waals surface area contributed by atoms with Crippen molar-refractivity contribution in [1.82, 2.24) is 5.32 Å². The molecule has 0 spiro atoms. The highest BCUT2D eigenvalue weighted by Gasteiger charge is 2.38. The van der Waals surface area contributed by atoms with Crippen LogP contribution < -0.4 is 5.32 Å². The van der Waals surface area contributed by atoms with Crippen LogP contribution in [-0.4, -0.2) is 11.8 Å². The molecule has 2 fully saturated rings. The zero-order chi connectivity index (χ0) is 11.0. The standard InChI is InChI=1S/C13H17NO2/c15-12-8-11(13-6-3-7-16-13)14-10-5-2-1-4-9(10)12/h3,6-7,9-11,14H,1-2,4-5,8H2.